The maximum atomic E-state index is 12.6. The Morgan fingerprint density at radius 3 is 2.31 bits per heavy atom. The molecule has 0 spiro atoms. The number of para-hydroxylation sites is 1. The highest BCUT2D eigenvalue weighted by Crippen LogP contribution is 2.29. The van der Waals surface area contributed by atoms with Crippen LogP contribution >= 0.6 is 23.2 Å². The summed E-state index contributed by atoms with van der Waals surface area (Å²) in [7, 11) is -4.05. The van der Waals surface area contributed by atoms with Gasteiger partial charge in [-0.15, -0.1) is 0 Å². The highest BCUT2D eigenvalue weighted by atomic mass is 35.5. The molecule has 0 bridgehead atoms. The van der Waals surface area contributed by atoms with Crippen molar-refractivity contribution in [3.8, 4) is 11.6 Å². The number of aromatic nitrogens is 2. The van der Waals surface area contributed by atoms with Gasteiger partial charge in [-0.25, -0.2) is 0 Å². The van der Waals surface area contributed by atoms with Crippen LogP contribution in [0.1, 0.15) is 25.5 Å². The SMILES string of the molecule is CC(C)c1cc(OS(=O)(=O)c2ccc(Cl)cc2)n(-c2ccccc2Cl)n1. The molecule has 0 aliphatic carbocycles. The van der Waals surface area contributed by atoms with Crippen LogP contribution in [0.2, 0.25) is 10.0 Å². The molecule has 1 aromatic heterocycles. The van der Waals surface area contributed by atoms with Crippen LogP contribution in [-0.4, -0.2) is 18.2 Å². The van der Waals surface area contributed by atoms with E-state index in [0.717, 1.165) is 0 Å². The third-order valence-corrected chi connectivity index (χ3v) is 5.48. The smallest absolute Gasteiger partial charge is 0.340 e. The lowest BCUT2D eigenvalue weighted by atomic mass is 10.1. The molecule has 5 nitrogen and oxygen atoms in total. The summed E-state index contributed by atoms with van der Waals surface area (Å²) in [5.41, 5.74) is 1.22. The maximum absolute atomic E-state index is 12.6. The van der Waals surface area contributed by atoms with Crippen molar-refractivity contribution in [2.24, 2.45) is 0 Å². The largest absolute Gasteiger partial charge is 0.358 e. The second-order valence-corrected chi connectivity index (χ2v) is 8.31. The van der Waals surface area contributed by atoms with Crippen molar-refractivity contribution in [3.05, 3.63) is 70.3 Å². The van der Waals surface area contributed by atoms with Crippen molar-refractivity contribution >= 4 is 33.3 Å². The predicted molar refractivity (Wildman–Crippen MR) is 102 cm³/mol. The first-order valence-electron chi connectivity index (χ1n) is 7.83. The van der Waals surface area contributed by atoms with Crippen molar-refractivity contribution in [3.63, 3.8) is 0 Å². The van der Waals surface area contributed by atoms with E-state index < -0.39 is 10.1 Å². The van der Waals surface area contributed by atoms with Gasteiger partial charge in [-0.05, 0) is 42.3 Å². The third kappa shape index (κ3) is 3.87. The molecule has 0 N–H and O–H groups in total. The van der Waals surface area contributed by atoms with Gasteiger partial charge in [0.05, 0.1) is 16.4 Å². The molecule has 136 valence electrons. The average molecular weight is 411 g/mol. The molecule has 0 unspecified atom stereocenters. The normalized spacial score (nSPS) is 11.7. The van der Waals surface area contributed by atoms with Crippen LogP contribution in [-0.2, 0) is 10.1 Å². The average Bonchev–Trinajstić information content (AvgIpc) is 2.99. The Balaban J connectivity index is 2.07. The molecule has 8 heteroatoms. The van der Waals surface area contributed by atoms with E-state index in [4.69, 9.17) is 27.4 Å². The highest BCUT2D eigenvalue weighted by molar-refractivity contribution is 7.87. The minimum atomic E-state index is -4.05. The van der Waals surface area contributed by atoms with Gasteiger partial charge in [-0.3, -0.25) is 0 Å². The minimum absolute atomic E-state index is 0.0000874. The van der Waals surface area contributed by atoms with Crippen molar-refractivity contribution in [2.75, 3.05) is 0 Å². The van der Waals surface area contributed by atoms with E-state index in [0.29, 0.717) is 21.4 Å². The molecular formula is C18H16Cl2N2O3S. The topological polar surface area (TPSA) is 61.2 Å². The molecule has 0 aliphatic heterocycles. The Morgan fingerprint density at radius 2 is 1.69 bits per heavy atom. The zero-order valence-electron chi connectivity index (χ0n) is 14.1. The Hall–Kier alpha value is -2.02. The van der Waals surface area contributed by atoms with E-state index in [1.165, 1.54) is 28.9 Å². The fourth-order valence-corrected chi connectivity index (χ4v) is 3.53. The first-order chi connectivity index (χ1) is 12.3. The summed E-state index contributed by atoms with van der Waals surface area (Å²) in [6, 6.07) is 14.4. The Morgan fingerprint density at radius 1 is 1.04 bits per heavy atom. The van der Waals surface area contributed by atoms with Crippen LogP contribution in [0.25, 0.3) is 5.69 Å². The van der Waals surface area contributed by atoms with Crippen LogP contribution in [0.4, 0.5) is 0 Å². The maximum Gasteiger partial charge on any atom is 0.340 e. The standard InChI is InChI=1S/C18H16Cl2N2O3S/c1-12(2)16-11-18(22(21-16)17-6-4-3-5-15(17)20)25-26(23,24)14-9-7-13(19)8-10-14/h3-12H,1-2H3. The van der Waals surface area contributed by atoms with Gasteiger partial charge in [0, 0.05) is 11.1 Å². The van der Waals surface area contributed by atoms with Crippen molar-refractivity contribution in [1.29, 1.82) is 0 Å². The van der Waals surface area contributed by atoms with E-state index in [1.807, 2.05) is 13.8 Å². The van der Waals surface area contributed by atoms with Gasteiger partial charge in [0.25, 0.3) is 0 Å². The third-order valence-electron chi connectivity index (χ3n) is 3.67. The zero-order valence-corrected chi connectivity index (χ0v) is 16.4. The fraction of sp³-hybridized carbons (Fsp3) is 0.167. The quantitative estimate of drug-likeness (QED) is 0.550. The number of halogens is 2. The monoisotopic (exact) mass is 410 g/mol. The molecule has 0 aliphatic rings. The van der Waals surface area contributed by atoms with Gasteiger partial charge in [0.15, 0.2) is 0 Å². The lowest BCUT2D eigenvalue weighted by Gasteiger charge is -2.10. The molecule has 0 saturated carbocycles. The minimum Gasteiger partial charge on any atom is -0.358 e. The molecule has 0 saturated heterocycles. The molecule has 3 aromatic rings. The molecule has 0 radical (unpaired) electrons. The van der Waals surface area contributed by atoms with Crippen molar-refractivity contribution in [2.45, 2.75) is 24.7 Å². The Kier molecular flexibility index (Phi) is 5.27. The predicted octanol–water partition coefficient (Wildman–Crippen LogP) is 5.07. The molecule has 26 heavy (non-hydrogen) atoms. The summed E-state index contributed by atoms with van der Waals surface area (Å²) in [5.74, 6) is 0.149. The van der Waals surface area contributed by atoms with Gasteiger partial charge in [-0.2, -0.15) is 18.2 Å². The second-order valence-electron chi connectivity index (χ2n) is 5.92. The van der Waals surface area contributed by atoms with Gasteiger partial charge in [0.2, 0.25) is 5.88 Å². The summed E-state index contributed by atoms with van der Waals surface area (Å²) >= 11 is 12.1. The number of rotatable bonds is 5. The van der Waals surface area contributed by atoms with Crippen LogP contribution in [0.15, 0.2) is 59.5 Å². The van der Waals surface area contributed by atoms with Gasteiger partial charge in [-0.1, -0.05) is 49.2 Å². The van der Waals surface area contributed by atoms with Crippen LogP contribution in [0.5, 0.6) is 5.88 Å². The van der Waals surface area contributed by atoms with E-state index in [1.54, 1.807) is 30.3 Å². The van der Waals surface area contributed by atoms with Gasteiger partial charge < -0.3 is 4.18 Å². The van der Waals surface area contributed by atoms with Gasteiger partial charge in [0.1, 0.15) is 4.90 Å². The van der Waals surface area contributed by atoms with Crippen LogP contribution in [0.3, 0.4) is 0 Å². The fourth-order valence-electron chi connectivity index (χ4n) is 2.28. The van der Waals surface area contributed by atoms with E-state index in [2.05, 4.69) is 5.10 Å². The number of nitrogens with zero attached hydrogens (tertiary/aromatic N) is 2. The Labute approximate surface area is 162 Å². The van der Waals surface area contributed by atoms with Crippen molar-refractivity contribution < 1.29 is 12.6 Å². The molecule has 0 amide bonds. The van der Waals surface area contributed by atoms with E-state index in [9.17, 15) is 8.42 Å². The summed E-state index contributed by atoms with van der Waals surface area (Å²) in [6.45, 7) is 3.91. The number of hydrogen-bond donors (Lipinski definition) is 0. The zero-order chi connectivity index (χ0) is 18.9. The van der Waals surface area contributed by atoms with Gasteiger partial charge >= 0.3 is 10.1 Å². The summed E-state index contributed by atoms with van der Waals surface area (Å²) in [5, 5.41) is 5.32. The lowest BCUT2D eigenvalue weighted by molar-refractivity contribution is 0.465. The molecule has 3 rings (SSSR count). The molecule has 1 heterocycles. The Bertz CT molecular complexity index is 1030. The van der Waals surface area contributed by atoms with Crippen LogP contribution < -0.4 is 4.18 Å². The van der Waals surface area contributed by atoms with Crippen molar-refractivity contribution in [1.82, 2.24) is 9.78 Å². The summed E-state index contributed by atoms with van der Waals surface area (Å²) < 4.78 is 32.0. The van der Waals surface area contributed by atoms with Crippen LogP contribution in [0, 0.1) is 0 Å². The molecule has 2 aromatic carbocycles. The molecular weight excluding hydrogens is 395 g/mol. The first-order valence-corrected chi connectivity index (χ1v) is 9.99. The van der Waals surface area contributed by atoms with E-state index >= 15 is 0 Å². The highest BCUT2D eigenvalue weighted by Gasteiger charge is 2.22. The summed E-state index contributed by atoms with van der Waals surface area (Å²) in [6.07, 6.45) is 0. The summed E-state index contributed by atoms with van der Waals surface area (Å²) in [4.78, 5) is -0.0000874. The molecule has 0 atom stereocenters. The second kappa shape index (κ2) is 7.31. The first kappa shape index (κ1) is 18.8. The number of hydrogen-bond acceptors (Lipinski definition) is 4. The van der Waals surface area contributed by atoms with E-state index in [-0.39, 0.29) is 16.7 Å². The lowest BCUT2D eigenvalue weighted by Crippen LogP contribution is -2.12. The number of benzene rings is 2. The molecule has 0 fully saturated rings.